The summed E-state index contributed by atoms with van der Waals surface area (Å²) >= 11 is 0. The largest absolute Gasteiger partial charge is 0.461 e. The first-order chi connectivity index (χ1) is 14.1. The van der Waals surface area contributed by atoms with Crippen molar-refractivity contribution in [2.75, 3.05) is 0 Å². The molecule has 0 saturated carbocycles. The van der Waals surface area contributed by atoms with Crippen molar-refractivity contribution in [2.24, 2.45) is 0 Å². The lowest BCUT2D eigenvalue weighted by Crippen LogP contribution is -2.38. The number of ether oxygens (including phenoxy) is 1. The van der Waals surface area contributed by atoms with Gasteiger partial charge in [-0.05, 0) is 49.8 Å². The van der Waals surface area contributed by atoms with Crippen molar-refractivity contribution in [3.63, 3.8) is 0 Å². The molecule has 0 aliphatic heterocycles. The number of hydrogen-bond acceptors (Lipinski definition) is 3. The SMILES string of the molecule is CC(C)NC(=O)/C(=C/c1ccc(OC(F)(F)C(F)F)cc1)NC(=O)c1ccccc1. The second kappa shape index (κ2) is 9.91. The number of carbonyl (C=O) groups is 2. The van der Waals surface area contributed by atoms with E-state index in [2.05, 4.69) is 15.4 Å². The topological polar surface area (TPSA) is 67.4 Å². The Hall–Kier alpha value is -3.36. The highest BCUT2D eigenvalue weighted by atomic mass is 19.3. The minimum Gasteiger partial charge on any atom is -0.428 e. The van der Waals surface area contributed by atoms with Crippen LogP contribution in [0.3, 0.4) is 0 Å². The minimum absolute atomic E-state index is 0.0795. The van der Waals surface area contributed by atoms with Crippen LogP contribution in [0.4, 0.5) is 17.6 Å². The summed E-state index contributed by atoms with van der Waals surface area (Å²) in [7, 11) is 0. The Balaban J connectivity index is 2.24. The Kier molecular flexibility index (Phi) is 7.57. The molecule has 0 spiro atoms. The van der Waals surface area contributed by atoms with E-state index in [1.165, 1.54) is 18.2 Å². The van der Waals surface area contributed by atoms with Gasteiger partial charge < -0.3 is 15.4 Å². The number of benzene rings is 2. The van der Waals surface area contributed by atoms with E-state index in [1.807, 2.05) is 0 Å². The monoisotopic (exact) mass is 424 g/mol. The third-order valence-corrected chi connectivity index (χ3v) is 3.65. The highest BCUT2D eigenvalue weighted by Crippen LogP contribution is 2.27. The molecule has 0 saturated heterocycles. The quantitative estimate of drug-likeness (QED) is 0.493. The van der Waals surface area contributed by atoms with Gasteiger partial charge in [0.05, 0.1) is 0 Å². The van der Waals surface area contributed by atoms with Crippen LogP contribution in [0.2, 0.25) is 0 Å². The summed E-state index contributed by atoms with van der Waals surface area (Å²) in [5.74, 6) is -1.55. The average molecular weight is 424 g/mol. The summed E-state index contributed by atoms with van der Waals surface area (Å²) in [5.41, 5.74) is 0.604. The molecule has 0 fully saturated rings. The summed E-state index contributed by atoms with van der Waals surface area (Å²) in [6, 6.07) is 12.7. The van der Waals surface area contributed by atoms with Crippen LogP contribution in [0.15, 0.2) is 60.3 Å². The number of alkyl halides is 4. The molecule has 0 atom stereocenters. The number of carbonyl (C=O) groups excluding carboxylic acids is 2. The van der Waals surface area contributed by atoms with Crippen LogP contribution in [0.25, 0.3) is 6.08 Å². The molecule has 0 heterocycles. The number of nitrogens with one attached hydrogen (secondary N) is 2. The highest BCUT2D eigenvalue weighted by Gasteiger charge is 2.43. The van der Waals surface area contributed by atoms with Gasteiger partial charge in [0, 0.05) is 11.6 Å². The standard InChI is InChI=1S/C21H20F4N2O3/c1-13(2)26-19(29)17(27-18(28)15-6-4-3-5-7-15)12-14-8-10-16(11-9-14)30-21(24,25)20(22)23/h3-13,20H,1-2H3,(H,26,29)(H,27,28)/b17-12-. The summed E-state index contributed by atoms with van der Waals surface area (Å²) in [5, 5.41) is 5.16. The molecule has 2 amide bonds. The van der Waals surface area contributed by atoms with E-state index in [0.29, 0.717) is 11.1 Å². The van der Waals surface area contributed by atoms with E-state index in [0.717, 1.165) is 12.1 Å². The third-order valence-electron chi connectivity index (χ3n) is 3.65. The molecule has 0 radical (unpaired) electrons. The molecular weight excluding hydrogens is 404 g/mol. The predicted molar refractivity (Wildman–Crippen MR) is 103 cm³/mol. The molecule has 5 nitrogen and oxygen atoms in total. The van der Waals surface area contributed by atoms with Crippen molar-refractivity contribution in [1.82, 2.24) is 10.6 Å². The maximum atomic E-state index is 13.0. The van der Waals surface area contributed by atoms with E-state index in [-0.39, 0.29) is 11.7 Å². The smallest absolute Gasteiger partial charge is 0.428 e. The van der Waals surface area contributed by atoms with Gasteiger partial charge >= 0.3 is 12.5 Å². The van der Waals surface area contributed by atoms with E-state index in [4.69, 9.17) is 0 Å². The first-order valence-corrected chi connectivity index (χ1v) is 8.92. The lowest BCUT2D eigenvalue weighted by molar-refractivity contribution is -0.253. The Labute approximate surface area is 170 Å². The molecule has 30 heavy (non-hydrogen) atoms. The van der Waals surface area contributed by atoms with Crippen LogP contribution in [0, 0.1) is 0 Å². The number of hydrogen-bond donors (Lipinski definition) is 2. The van der Waals surface area contributed by atoms with Crippen LogP contribution < -0.4 is 15.4 Å². The first kappa shape index (κ1) is 22.9. The number of rotatable bonds is 8. The molecule has 9 heteroatoms. The first-order valence-electron chi connectivity index (χ1n) is 8.92. The molecule has 0 aliphatic rings. The van der Waals surface area contributed by atoms with Gasteiger partial charge in [0.1, 0.15) is 11.4 Å². The van der Waals surface area contributed by atoms with Crippen molar-refractivity contribution < 1.29 is 31.9 Å². The fourth-order valence-corrected chi connectivity index (χ4v) is 2.28. The highest BCUT2D eigenvalue weighted by molar-refractivity contribution is 6.05. The van der Waals surface area contributed by atoms with Crippen molar-refractivity contribution in [2.45, 2.75) is 32.4 Å². The van der Waals surface area contributed by atoms with Gasteiger partial charge in [0.2, 0.25) is 0 Å². The Bertz CT molecular complexity index is 898. The van der Waals surface area contributed by atoms with Crippen molar-refractivity contribution in [3.8, 4) is 5.75 Å². The fourth-order valence-electron chi connectivity index (χ4n) is 2.28. The molecule has 0 bridgehead atoms. The van der Waals surface area contributed by atoms with Gasteiger partial charge in [-0.25, -0.2) is 0 Å². The molecule has 0 aliphatic carbocycles. The van der Waals surface area contributed by atoms with Crippen molar-refractivity contribution in [3.05, 3.63) is 71.4 Å². The predicted octanol–water partition coefficient (Wildman–Crippen LogP) is 4.22. The normalized spacial score (nSPS) is 12.1. The Morgan fingerprint density at radius 3 is 2.13 bits per heavy atom. The summed E-state index contributed by atoms with van der Waals surface area (Å²) < 4.78 is 54.4. The lowest BCUT2D eigenvalue weighted by Gasteiger charge is -2.17. The molecular formula is C21H20F4N2O3. The van der Waals surface area contributed by atoms with E-state index < -0.39 is 30.1 Å². The average Bonchev–Trinajstić information content (AvgIpc) is 2.68. The van der Waals surface area contributed by atoms with Crippen LogP contribution in [0.1, 0.15) is 29.8 Å². The van der Waals surface area contributed by atoms with E-state index >= 15 is 0 Å². The zero-order valence-electron chi connectivity index (χ0n) is 16.2. The summed E-state index contributed by atoms with van der Waals surface area (Å²) in [4.78, 5) is 24.9. The zero-order chi connectivity index (χ0) is 22.3. The second-order valence-corrected chi connectivity index (χ2v) is 6.54. The van der Waals surface area contributed by atoms with E-state index in [1.54, 1.807) is 44.2 Å². The molecule has 160 valence electrons. The number of halogens is 4. The fraction of sp³-hybridized carbons (Fsp3) is 0.238. The molecule has 2 rings (SSSR count). The summed E-state index contributed by atoms with van der Waals surface area (Å²) in [6.07, 6.45) is -7.27. The van der Waals surface area contributed by atoms with Crippen molar-refractivity contribution in [1.29, 1.82) is 0 Å². The lowest BCUT2D eigenvalue weighted by atomic mass is 10.1. The molecule has 2 N–H and O–H groups in total. The maximum absolute atomic E-state index is 13.0. The maximum Gasteiger partial charge on any atom is 0.461 e. The van der Waals surface area contributed by atoms with Gasteiger partial charge in [-0.15, -0.1) is 0 Å². The molecule has 0 aromatic heterocycles. The van der Waals surface area contributed by atoms with Crippen LogP contribution in [0.5, 0.6) is 5.75 Å². The zero-order valence-corrected chi connectivity index (χ0v) is 16.2. The van der Waals surface area contributed by atoms with Crippen LogP contribution in [-0.2, 0) is 4.79 Å². The van der Waals surface area contributed by atoms with Gasteiger partial charge in [0.15, 0.2) is 0 Å². The van der Waals surface area contributed by atoms with Crippen molar-refractivity contribution >= 4 is 17.9 Å². The second-order valence-electron chi connectivity index (χ2n) is 6.54. The molecule has 2 aromatic carbocycles. The third kappa shape index (κ3) is 6.61. The van der Waals surface area contributed by atoms with Gasteiger partial charge in [-0.3, -0.25) is 9.59 Å². The van der Waals surface area contributed by atoms with Gasteiger partial charge in [0.25, 0.3) is 11.8 Å². The minimum atomic E-state index is -4.62. The summed E-state index contributed by atoms with van der Waals surface area (Å²) in [6.45, 7) is 3.48. The molecule has 2 aromatic rings. The van der Waals surface area contributed by atoms with Gasteiger partial charge in [-0.2, -0.15) is 17.6 Å². The van der Waals surface area contributed by atoms with E-state index in [9.17, 15) is 27.2 Å². The Morgan fingerprint density at radius 1 is 1.00 bits per heavy atom. The Morgan fingerprint density at radius 2 is 1.60 bits per heavy atom. The van der Waals surface area contributed by atoms with Crippen LogP contribution >= 0.6 is 0 Å². The molecule has 0 unspecified atom stereocenters. The number of amides is 2. The van der Waals surface area contributed by atoms with Crippen LogP contribution in [-0.4, -0.2) is 30.4 Å². The van der Waals surface area contributed by atoms with Gasteiger partial charge in [-0.1, -0.05) is 30.3 Å².